The van der Waals surface area contributed by atoms with E-state index >= 15 is 0 Å². The molecule has 0 amide bonds. The fourth-order valence-corrected chi connectivity index (χ4v) is 45.7. The summed E-state index contributed by atoms with van der Waals surface area (Å²) in [5.74, 6) is 18.6. The van der Waals surface area contributed by atoms with Gasteiger partial charge in [-0.1, -0.05) is 237 Å². The number of rotatable bonds is 15. The monoisotopic (exact) mass is 1540 g/mol. The number of hydrogen-bond acceptors (Lipinski definition) is 5. The molecule has 0 unspecified atom stereocenters. The van der Waals surface area contributed by atoms with Crippen LogP contribution in [-0.4, -0.2) is 40.4 Å². The summed E-state index contributed by atoms with van der Waals surface area (Å²) in [4.78, 5) is 0. The van der Waals surface area contributed by atoms with E-state index in [1.165, 1.54) is 0 Å². The molecular weight excluding hydrogens is 1410 g/mol. The van der Waals surface area contributed by atoms with E-state index < -0.39 is 40.4 Å². The zero-order valence-electron chi connectivity index (χ0n) is 72.4. The maximum absolute atomic E-state index is 11.7. The molecule has 0 heterocycles. The van der Waals surface area contributed by atoms with Gasteiger partial charge in [0.05, 0.1) is 58.2 Å². The molecule has 5 aromatic rings. The Morgan fingerprint density at radius 1 is 0.182 bits per heavy atom. The topological polar surface area (TPSA) is 119 Å². The molecule has 10 heteroatoms. The Labute approximate surface area is 673 Å². The normalized spacial score (nSPS) is 15.1. The second kappa shape index (κ2) is 37.9. The summed E-state index contributed by atoms with van der Waals surface area (Å²) < 4.78 is 0. The molecule has 0 aromatic heterocycles. The van der Waals surface area contributed by atoms with Gasteiger partial charge in [0.25, 0.3) is 0 Å². The highest BCUT2D eigenvalue weighted by molar-refractivity contribution is 6.92. The van der Waals surface area contributed by atoms with Gasteiger partial charge < -0.3 is 0 Å². The van der Waals surface area contributed by atoms with Gasteiger partial charge in [0.2, 0.25) is 0 Å². The van der Waals surface area contributed by atoms with Crippen molar-refractivity contribution in [2.45, 2.75) is 291 Å². The molecule has 0 spiro atoms. The van der Waals surface area contributed by atoms with Crippen molar-refractivity contribution < 1.29 is 0 Å². The van der Waals surface area contributed by atoms with E-state index in [1.807, 2.05) is 121 Å². The van der Waals surface area contributed by atoms with Crippen LogP contribution in [0.5, 0.6) is 0 Å². The second-order valence-electron chi connectivity index (χ2n) is 35.8. The molecule has 0 N–H and O–H groups in total. The van der Waals surface area contributed by atoms with Crippen LogP contribution >= 0.6 is 0 Å². The Morgan fingerprint density at radius 3 is 0.400 bits per heavy atom. The maximum Gasteiger partial charge on any atom is 0.146 e. The predicted octanol–water partition coefficient (Wildman–Crippen LogP) is 28.2. The summed E-state index contributed by atoms with van der Waals surface area (Å²) >= 11 is 0. The van der Waals surface area contributed by atoms with Crippen molar-refractivity contribution >= 4 is 98.6 Å². The van der Waals surface area contributed by atoms with Crippen LogP contribution in [-0.2, 0) is 0 Å². The van der Waals surface area contributed by atoms with Crippen molar-refractivity contribution in [3.05, 3.63) is 174 Å². The van der Waals surface area contributed by atoms with Gasteiger partial charge in [0.1, 0.15) is 40.4 Å². The lowest BCUT2D eigenvalue weighted by Crippen LogP contribution is -2.43. The highest BCUT2D eigenvalue weighted by atomic mass is 28.3. The van der Waals surface area contributed by atoms with E-state index in [-0.39, 0.29) is 0 Å². The first-order valence-electron chi connectivity index (χ1n) is 40.6. The fourth-order valence-electron chi connectivity index (χ4n) is 19.6. The highest BCUT2D eigenvalue weighted by Gasteiger charge is 2.46. The van der Waals surface area contributed by atoms with Crippen LogP contribution in [0.4, 0.5) is 0 Å². The van der Waals surface area contributed by atoms with Gasteiger partial charge in [-0.3, -0.25) is 0 Å². The summed E-state index contributed by atoms with van der Waals surface area (Å²) in [6, 6.07) is 43.1. The third-order valence-corrected chi connectivity index (χ3v) is 56.4. The van der Waals surface area contributed by atoms with E-state index in [1.54, 1.807) is 0 Å². The molecule has 570 valence electrons. The number of hydrogen-bond donors (Lipinski definition) is 0. The minimum Gasteiger partial charge on any atom is -0.192 e. The predicted molar refractivity (Wildman–Crippen MR) is 489 cm³/mol. The molecule has 110 heavy (non-hydrogen) atoms. The average molecular weight is 1540 g/mol. The maximum atomic E-state index is 11.7. The van der Waals surface area contributed by atoms with E-state index in [4.69, 9.17) is 0 Å². The quantitative estimate of drug-likeness (QED) is 0.0764. The summed E-state index contributed by atoms with van der Waals surface area (Å²) in [5.41, 5.74) is 37.0. The van der Waals surface area contributed by atoms with E-state index in [0.717, 1.165) is 27.8 Å². The Morgan fingerprint density at radius 2 is 0.300 bits per heavy atom. The van der Waals surface area contributed by atoms with Gasteiger partial charge in [-0.05, 0) is 260 Å². The van der Waals surface area contributed by atoms with Gasteiger partial charge in [-0.15, -0.1) is 27.7 Å². The molecule has 5 aromatic carbocycles. The van der Waals surface area contributed by atoms with Crippen molar-refractivity contribution in [3.63, 3.8) is 0 Å². The number of benzene rings is 5. The van der Waals surface area contributed by atoms with Crippen LogP contribution in [0.2, 0.25) is 83.1 Å². The summed E-state index contributed by atoms with van der Waals surface area (Å²) in [6.07, 6.45) is 9.45. The second-order valence-corrected chi connectivity index (χ2v) is 63.7. The third kappa shape index (κ3) is 19.5. The van der Waals surface area contributed by atoms with Crippen molar-refractivity contribution in [3.8, 4) is 87.7 Å². The Bertz CT molecular complexity index is 4150. The molecule has 10 bridgehead atoms. The lowest BCUT2D eigenvalue weighted by molar-refractivity contribution is 0.838. The third-order valence-electron chi connectivity index (χ3n) is 24.9. The summed E-state index contributed by atoms with van der Waals surface area (Å²) in [7, 11) is -11.5. The first-order chi connectivity index (χ1) is 51.5. The zero-order chi connectivity index (χ0) is 82.5. The van der Waals surface area contributed by atoms with E-state index in [2.05, 4.69) is 295 Å². The first-order valence-corrected chi connectivity index (χ1v) is 51.7. The molecule has 0 saturated carbocycles. The summed E-state index contributed by atoms with van der Waals surface area (Å²) in [5, 5.41) is 58.5. The van der Waals surface area contributed by atoms with Gasteiger partial charge in [0.15, 0.2) is 0 Å². The number of nitriles is 5. The lowest BCUT2D eigenvalue weighted by atomic mass is 9.94. The molecule has 0 radical (unpaired) electrons. The molecule has 0 atom stereocenters. The minimum absolute atomic E-state index is 0.355. The number of nitrogens with zero attached hydrogens (tertiary/aromatic N) is 5. The number of allylic oxidation sites excluding steroid dienone is 5. The van der Waals surface area contributed by atoms with Gasteiger partial charge in [0, 0.05) is 27.8 Å². The van der Waals surface area contributed by atoms with Gasteiger partial charge >= 0.3 is 0 Å². The Hall–Kier alpha value is -8.87. The molecule has 6 rings (SSSR count). The van der Waals surface area contributed by atoms with Crippen molar-refractivity contribution in [2.24, 2.45) is 0 Å². The van der Waals surface area contributed by atoms with Gasteiger partial charge in [-0.25, -0.2) is 0 Å². The minimum atomic E-state index is -2.31. The van der Waals surface area contributed by atoms with Crippen LogP contribution < -0.4 is 0 Å². The molecule has 0 saturated heterocycles. The average Bonchev–Trinajstić information content (AvgIpc) is 0.840. The molecule has 1 aliphatic rings. The Kier molecular flexibility index (Phi) is 31.0. The van der Waals surface area contributed by atoms with Gasteiger partial charge in [-0.2, -0.15) is 26.3 Å². The molecule has 1 aliphatic carbocycles. The van der Waals surface area contributed by atoms with Crippen molar-refractivity contribution in [1.82, 2.24) is 0 Å². The summed E-state index contributed by atoms with van der Waals surface area (Å²) in [6.45, 7) is 69.1. The van der Waals surface area contributed by atoms with E-state index in [0.29, 0.717) is 167 Å². The van der Waals surface area contributed by atoms with Crippen molar-refractivity contribution in [1.29, 1.82) is 26.3 Å². The van der Waals surface area contributed by atoms with Crippen LogP contribution in [0, 0.1) is 114 Å². The Balaban J connectivity index is 2.00. The molecular formula is C100H125N5Si5. The first kappa shape index (κ1) is 90.0. The molecule has 0 aliphatic heterocycles. The number of fused-ring (bicyclic) bond motifs is 10. The van der Waals surface area contributed by atoms with E-state index in [9.17, 15) is 26.3 Å². The lowest BCUT2D eigenvalue weighted by Gasteiger charge is -2.38. The standard InChI is InChI=1S/C100H125N5Si5/c1-66(2)106(67(3)4,68(5)6)36-31-81-41-86-51-91(46-81)96(61-101)57-87-42-82(32-37-107(69(7)8,70(9)10)71(11)12)48-93(52-87)98(63-103)59-89-44-84(34-39-109(75(19)20,76(21)22)77(23)24)50-95(54-89)100(65-105)60-90-45-85(35-40-110(78(25)26,79(27)28)80(29)30)49-94(55-90)99(64-104)58-88-43-83(47-92(53-88)97(56-86)62-102)33-38-108(72(13)14,73(15)16)74(17)18/h41-60,66-80H,1-30H3/b96-57+,97-56+,98-59+,99-58+,100-60?. The van der Waals surface area contributed by atoms with Crippen LogP contribution in [0.25, 0.3) is 58.2 Å². The van der Waals surface area contributed by atoms with Crippen LogP contribution in [0.1, 0.15) is 291 Å². The smallest absolute Gasteiger partial charge is 0.146 e. The van der Waals surface area contributed by atoms with Crippen LogP contribution in [0.3, 0.4) is 0 Å². The fraction of sp³-hybridized carbons (Fsp3) is 0.450. The SMILES string of the molecule is CC(C)[Si](C#Cc1cc2cc(c1)C(C#N)=Cc1cc(C#C[Si](C(C)C)(C(C)C)C(C)C)cc(c1)/C(C#N)=C/c1cc(C#C[Si](C(C)C)(C(C)C)C(C)C)cc(c1)/C(C#N)=C/c1cc(C#C[Si](C(C)C)(C(C)C)C(C)C)cc(c1)/C(C#N)=C/c1cc(C#C[Si](C(C)C)(C(C)C)C(C)C)cc(c1)/C(C#N)=C/2)(C(C)C)C(C)C. The van der Waals surface area contributed by atoms with Crippen molar-refractivity contribution in [2.75, 3.05) is 0 Å². The molecule has 5 nitrogen and oxygen atoms in total. The largest absolute Gasteiger partial charge is 0.192 e. The zero-order valence-corrected chi connectivity index (χ0v) is 77.4. The molecule has 0 fully saturated rings. The highest BCUT2D eigenvalue weighted by Crippen LogP contribution is 2.46. The van der Waals surface area contributed by atoms with Crippen LogP contribution in [0.15, 0.2) is 91.0 Å².